The van der Waals surface area contributed by atoms with Gasteiger partial charge in [-0.25, -0.2) is 8.78 Å². The molecule has 0 amide bonds. The van der Waals surface area contributed by atoms with E-state index in [0.717, 1.165) is 6.42 Å². The third kappa shape index (κ3) is 3.61. The number of benzene rings is 1. The van der Waals surface area contributed by atoms with Gasteiger partial charge in [-0.1, -0.05) is 6.92 Å². The van der Waals surface area contributed by atoms with Crippen LogP contribution in [0.1, 0.15) is 18.9 Å². The van der Waals surface area contributed by atoms with Crippen LogP contribution >= 0.6 is 12.4 Å². The predicted molar refractivity (Wildman–Crippen MR) is 62.1 cm³/mol. The van der Waals surface area contributed by atoms with Gasteiger partial charge in [0.1, 0.15) is 0 Å². The molecule has 0 aliphatic rings. The van der Waals surface area contributed by atoms with Crippen molar-refractivity contribution >= 4 is 12.4 Å². The highest BCUT2D eigenvalue weighted by Gasteiger charge is 2.12. The Bertz CT molecular complexity index is 324. The van der Waals surface area contributed by atoms with Crippen molar-refractivity contribution in [2.45, 2.75) is 25.8 Å². The molecule has 5 heteroatoms. The van der Waals surface area contributed by atoms with Gasteiger partial charge in [0.25, 0.3) is 0 Å². The summed E-state index contributed by atoms with van der Waals surface area (Å²) in [5.74, 6) is -1.71. The summed E-state index contributed by atoms with van der Waals surface area (Å²) in [6, 6.07) is 2.45. The maximum absolute atomic E-state index is 13.3. The Labute approximate surface area is 100 Å². The van der Waals surface area contributed by atoms with Gasteiger partial charge >= 0.3 is 0 Å². The van der Waals surface area contributed by atoms with Crippen LogP contribution in [0, 0.1) is 11.6 Å². The molecule has 1 aromatic carbocycles. The van der Waals surface area contributed by atoms with Crippen LogP contribution in [0.5, 0.6) is 5.75 Å². The Morgan fingerprint density at radius 3 is 2.19 bits per heavy atom. The summed E-state index contributed by atoms with van der Waals surface area (Å²) >= 11 is 0. The third-order valence-electron chi connectivity index (χ3n) is 2.28. The average molecular weight is 252 g/mol. The van der Waals surface area contributed by atoms with Gasteiger partial charge in [0, 0.05) is 6.04 Å². The molecule has 0 saturated carbocycles. The summed E-state index contributed by atoms with van der Waals surface area (Å²) in [4.78, 5) is 0. The maximum Gasteiger partial charge on any atom is 0.190 e. The van der Waals surface area contributed by atoms with E-state index in [1.165, 1.54) is 19.2 Å². The van der Waals surface area contributed by atoms with E-state index in [1.807, 2.05) is 6.92 Å². The molecule has 0 spiro atoms. The van der Waals surface area contributed by atoms with Gasteiger partial charge in [-0.05, 0) is 30.5 Å². The quantitative estimate of drug-likeness (QED) is 0.893. The Morgan fingerprint density at radius 2 is 1.81 bits per heavy atom. The molecule has 0 fully saturated rings. The van der Waals surface area contributed by atoms with Gasteiger partial charge in [0.05, 0.1) is 7.11 Å². The Morgan fingerprint density at radius 1 is 1.31 bits per heavy atom. The summed E-state index contributed by atoms with van der Waals surface area (Å²) in [6.07, 6.45) is 1.24. The van der Waals surface area contributed by atoms with Gasteiger partial charge in [0.2, 0.25) is 0 Å². The van der Waals surface area contributed by atoms with E-state index in [0.29, 0.717) is 12.0 Å². The fourth-order valence-electron chi connectivity index (χ4n) is 1.37. The molecule has 0 heterocycles. The van der Waals surface area contributed by atoms with Gasteiger partial charge in [0.15, 0.2) is 17.4 Å². The smallest absolute Gasteiger partial charge is 0.190 e. The van der Waals surface area contributed by atoms with E-state index in [9.17, 15) is 8.78 Å². The lowest BCUT2D eigenvalue weighted by molar-refractivity contribution is 0.359. The van der Waals surface area contributed by atoms with Crippen molar-refractivity contribution in [3.63, 3.8) is 0 Å². The standard InChI is InChI=1S/C11H15F2NO.ClH/c1-3-8(14)4-7-5-9(12)11(15-2)10(13)6-7;/h5-6,8H,3-4,14H2,1-2H3;1H. The zero-order valence-corrected chi connectivity index (χ0v) is 10.1. The molecule has 0 bridgehead atoms. The first kappa shape index (κ1) is 15.1. The largest absolute Gasteiger partial charge is 0.491 e. The topological polar surface area (TPSA) is 35.2 Å². The normalized spacial score (nSPS) is 11.8. The lowest BCUT2D eigenvalue weighted by Gasteiger charge is -2.10. The van der Waals surface area contributed by atoms with Crippen LogP contribution in [-0.2, 0) is 6.42 Å². The summed E-state index contributed by atoms with van der Waals surface area (Å²) in [5, 5.41) is 0. The van der Waals surface area contributed by atoms with Crippen LogP contribution in [-0.4, -0.2) is 13.2 Å². The SMILES string of the molecule is CCC(N)Cc1cc(F)c(OC)c(F)c1.Cl. The summed E-state index contributed by atoms with van der Waals surface area (Å²) < 4.78 is 31.1. The highest BCUT2D eigenvalue weighted by atomic mass is 35.5. The first-order valence-corrected chi connectivity index (χ1v) is 4.86. The average Bonchev–Trinajstić information content (AvgIpc) is 2.17. The summed E-state index contributed by atoms with van der Waals surface area (Å²) in [7, 11) is 1.24. The molecule has 0 saturated heterocycles. The van der Waals surface area contributed by atoms with Gasteiger partial charge in [-0.3, -0.25) is 0 Å². The van der Waals surface area contributed by atoms with Gasteiger partial charge in [-0.15, -0.1) is 12.4 Å². The highest BCUT2D eigenvalue weighted by molar-refractivity contribution is 5.85. The Balaban J connectivity index is 0.00000225. The zero-order chi connectivity index (χ0) is 11.4. The molecule has 1 unspecified atom stereocenters. The first-order chi connectivity index (χ1) is 7.08. The molecule has 1 rings (SSSR count). The van der Waals surface area contributed by atoms with Crippen LogP contribution in [0.2, 0.25) is 0 Å². The summed E-state index contributed by atoms with van der Waals surface area (Å²) in [5.41, 5.74) is 6.26. The fourth-order valence-corrected chi connectivity index (χ4v) is 1.37. The first-order valence-electron chi connectivity index (χ1n) is 4.86. The number of rotatable bonds is 4. The molecule has 16 heavy (non-hydrogen) atoms. The predicted octanol–water partition coefficient (Wildman–Crippen LogP) is 2.68. The Kier molecular flexibility index (Phi) is 6.29. The van der Waals surface area contributed by atoms with Crippen molar-refractivity contribution in [1.29, 1.82) is 0 Å². The molecule has 2 nitrogen and oxygen atoms in total. The van der Waals surface area contributed by atoms with E-state index in [4.69, 9.17) is 5.73 Å². The van der Waals surface area contributed by atoms with Crippen LogP contribution in [0.25, 0.3) is 0 Å². The minimum atomic E-state index is -0.684. The van der Waals surface area contributed by atoms with E-state index in [1.54, 1.807) is 0 Å². The second kappa shape index (κ2) is 6.66. The lowest BCUT2D eigenvalue weighted by Crippen LogP contribution is -2.21. The lowest BCUT2D eigenvalue weighted by atomic mass is 10.0. The molecule has 2 N–H and O–H groups in total. The number of ether oxygens (including phenoxy) is 1. The number of methoxy groups -OCH3 is 1. The molecular weight excluding hydrogens is 236 g/mol. The van der Waals surface area contributed by atoms with Crippen molar-refractivity contribution < 1.29 is 13.5 Å². The van der Waals surface area contributed by atoms with Crippen molar-refractivity contribution in [2.75, 3.05) is 7.11 Å². The van der Waals surface area contributed by atoms with Crippen LogP contribution in [0.4, 0.5) is 8.78 Å². The van der Waals surface area contributed by atoms with Gasteiger partial charge < -0.3 is 10.5 Å². The Hall–Kier alpha value is -0.870. The second-order valence-electron chi connectivity index (χ2n) is 3.47. The third-order valence-corrected chi connectivity index (χ3v) is 2.28. The van der Waals surface area contributed by atoms with E-state index >= 15 is 0 Å². The van der Waals surface area contributed by atoms with Crippen molar-refractivity contribution in [3.8, 4) is 5.75 Å². The van der Waals surface area contributed by atoms with Gasteiger partial charge in [-0.2, -0.15) is 0 Å². The fraction of sp³-hybridized carbons (Fsp3) is 0.455. The molecular formula is C11H16ClF2NO. The van der Waals surface area contributed by atoms with Crippen molar-refractivity contribution in [2.24, 2.45) is 5.73 Å². The molecule has 0 aliphatic carbocycles. The zero-order valence-electron chi connectivity index (χ0n) is 9.30. The minimum absolute atomic E-state index is 0. The molecule has 1 aromatic rings. The van der Waals surface area contributed by atoms with Crippen LogP contribution in [0.3, 0.4) is 0 Å². The van der Waals surface area contributed by atoms with E-state index in [-0.39, 0.29) is 24.2 Å². The van der Waals surface area contributed by atoms with Crippen molar-refractivity contribution in [1.82, 2.24) is 0 Å². The molecule has 0 aliphatic heterocycles. The van der Waals surface area contributed by atoms with E-state index < -0.39 is 11.6 Å². The molecule has 0 radical (unpaired) electrons. The minimum Gasteiger partial charge on any atom is -0.491 e. The highest BCUT2D eigenvalue weighted by Crippen LogP contribution is 2.23. The van der Waals surface area contributed by atoms with Crippen LogP contribution in [0.15, 0.2) is 12.1 Å². The molecule has 92 valence electrons. The summed E-state index contributed by atoms with van der Waals surface area (Å²) in [6.45, 7) is 1.93. The van der Waals surface area contributed by atoms with Crippen molar-refractivity contribution in [3.05, 3.63) is 29.3 Å². The number of halogens is 3. The number of nitrogens with two attached hydrogens (primary N) is 1. The number of hydrogen-bond donors (Lipinski definition) is 1. The molecule has 0 aromatic heterocycles. The second-order valence-corrected chi connectivity index (χ2v) is 3.47. The van der Waals surface area contributed by atoms with Crippen LogP contribution < -0.4 is 10.5 Å². The monoisotopic (exact) mass is 251 g/mol. The maximum atomic E-state index is 13.3. The van der Waals surface area contributed by atoms with E-state index in [2.05, 4.69) is 4.74 Å². The number of hydrogen-bond acceptors (Lipinski definition) is 2. The molecule has 1 atom stereocenters.